The second-order valence-electron chi connectivity index (χ2n) is 4.05. The quantitative estimate of drug-likeness (QED) is 0.903. The third-order valence-electron chi connectivity index (χ3n) is 2.53. The lowest BCUT2D eigenvalue weighted by atomic mass is 10.1. The maximum Gasteiger partial charge on any atom is 0.141 e. The summed E-state index contributed by atoms with van der Waals surface area (Å²) < 4.78 is 18.4. The molecule has 0 amide bonds. The van der Waals surface area contributed by atoms with E-state index in [9.17, 15) is 9.50 Å². The fraction of sp³-hybridized carbons (Fsp3) is 0.214. The maximum atomic E-state index is 12.9. The Kier molecular flexibility index (Phi) is 3.89. The summed E-state index contributed by atoms with van der Waals surface area (Å²) in [5.74, 6) is 0.296. The summed E-state index contributed by atoms with van der Waals surface area (Å²) in [5, 5.41) is 9.36. The summed E-state index contributed by atoms with van der Waals surface area (Å²) >= 11 is 0. The van der Waals surface area contributed by atoms with Crippen molar-refractivity contribution in [1.29, 1.82) is 0 Å². The second-order valence-corrected chi connectivity index (χ2v) is 4.05. The number of ether oxygens (including phenoxy) is 1. The van der Waals surface area contributed by atoms with Crippen LogP contribution in [-0.4, -0.2) is 10.1 Å². The average Bonchev–Trinajstić information content (AvgIpc) is 2.37. The minimum atomic E-state index is -0.494. The first-order valence-electron chi connectivity index (χ1n) is 5.65. The van der Waals surface area contributed by atoms with Crippen molar-refractivity contribution in [3.8, 4) is 5.75 Å². The first kappa shape index (κ1) is 12.5. The fourth-order valence-corrected chi connectivity index (χ4v) is 1.54. The van der Waals surface area contributed by atoms with E-state index in [2.05, 4.69) is 4.98 Å². The van der Waals surface area contributed by atoms with Gasteiger partial charge in [-0.3, -0.25) is 4.98 Å². The molecule has 0 fully saturated rings. The van der Waals surface area contributed by atoms with Crippen LogP contribution < -0.4 is 4.74 Å². The molecule has 0 spiro atoms. The van der Waals surface area contributed by atoms with Crippen LogP contribution >= 0.6 is 0 Å². The number of hydrogen-bond donors (Lipinski definition) is 1. The number of aromatic nitrogens is 1. The normalized spacial score (nSPS) is 12.2. The summed E-state index contributed by atoms with van der Waals surface area (Å²) in [5.41, 5.74) is 1.50. The number of nitrogens with zero attached hydrogens (tertiary/aromatic N) is 1. The van der Waals surface area contributed by atoms with E-state index < -0.39 is 6.10 Å². The molecule has 0 unspecified atom stereocenters. The summed E-state index contributed by atoms with van der Waals surface area (Å²) in [7, 11) is 0. The van der Waals surface area contributed by atoms with Gasteiger partial charge in [-0.2, -0.15) is 0 Å². The van der Waals surface area contributed by atoms with Gasteiger partial charge in [0.05, 0.1) is 12.3 Å². The molecule has 0 aliphatic rings. The lowest BCUT2D eigenvalue weighted by molar-refractivity contribution is 0.199. The first-order valence-corrected chi connectivity index (χ1v) is 5.65. The van der Waals surface area contributed by atoms with E-state index in [1.807, 2.05) is 0 Å². The van der Waals surface area contributed by atoms with Crippen molar-refractivity contribution in [2.75, 3.05) is 0 Å². The standard InChI is InChI=1S/C14H14FNO2/c1-10(17)12-2-4-14(5-3-12)18-9-11-6-13(15)8-16-7-11/h2-8,10,17H,9H2,1H3/t10-/m0/s1. The molecule has 1 heterocycles. The third kappa shape index (κ3) is 3.28. The fourth-order valence-electron chi connectivity index (χ4n) is 1.54. The number of pyridine rings is 1. The van der Waals surface area contributed by atoms with Gasteiger partial charge in [0.25, 0.3) is 0 Å². The van der Waals surface area contributed by atoms with Crippen LogP contribution in [0.3, 0.4) is 0 Å². The lowest BCUT2D eigenvalue weighted by Crippen LogP contribution is -1.97. The zero-order chi connectivity index (χ0) is 13.0. The molecule has 0 bridgehead atoms. The molecule has 1 atom stereocenters. The van der Waals surface area contributed by atoms with Gasteiger partial charge in [0.2, 0.25) is 0 Å². The number of hydrogen-bond acceptors (Lipinski definition) is 3. The van der Waals surface area contributed by atoms with Gasteiger partial charge in [-0.15, -0.1) is 0 Å². The van der Waals surface area contributed by atoms with Gasteiger partial charge in [-0.05, 0) is 30.7 Å². The average molecular weight is 247 g/mol. The summed E-state index contributed by atoms with van der Waals surface area (Å²) in [6.45, 7) is 1.97. The van der Waals surface area contributed by atoms with Crippen molar-refractivity contribution in [2.45, 2.75) is 19.6 Å². The van der Waals surface area contributed by atoms with E-state index in [1.165, 1.54) is 6.07 Å². The van der Waals surface area contributed by atoms with Crippen LogP contribution in [0.4, 0.5) is 4.39 Å². The number of rotatable bonds is 4. The molecule has 1 aromatic heterocycles. The Hall–Kier alpha value is -1.94. The minimum absolute atomic E-state index is 0.263. The van der Waals surface area contributed by atoms with Crippen LogP contribution in [0.1, 0.15) is 24.2 Å². The smallest absolute Gasteiger partial charge is 0.141 e. The SMILES string of the molecule is C[C@H](O)c1ccc(OCc2cncc(F)c2)cc1. The van der Waals surface area contributed by atoms with E-state index in [0.717, 1.165) is 11.8 Å². The highest BCUT2D eigenvalue weighted by atomic mass is 19.1. The molecule has 1 aromatic carbocycles. The molecule has 1 N–H and O–H groups in total. The van der Waals surface area contributed by atoms with Crippen LogP contribution in [-0.2, 0) is 6.61 Å². The van der Waals surface area contributed by atoms with Crippen LogP contribution in [0.15, 0.2) is 42.7 Å². The minimum Gasteiger partial charge on any atom is -0.489 e. The highest BCUT2D eigenvalue weighted by Crippen LogP contribution is 2.18. The summed E-state index contributed by atoms with van der Waals surface area (Å²) in [6.07, 6.45) is 2.22. The summed E-state index contributed by atoms with van der Waals surface area (Å²) in [6, 6.07) is 8.52. The van der Waals surface area contributed by atoms with Gasteiger partial charge in [-0.25, -0.2) is 4.39 Å². The number of aliphatic hydroxyl groups is 1. The van der Waals surface area contributed by atoms with Crippen molar-refractivity contribution in [2.24, 2.45) is 0 Å². The van der Waals surface area contributed by atoms with Crippen molar-refractivity contribution in [3.05, 3.63) is 59.7 Å². The molecule has 0 saturated heterocycles. The number of aliphatic hydroxyl groups excluding tert-OH is 1. The Morgan fingerprint density at radius 2 is 2.00 bits per heavy atom. The van der Waals surface area contributed by atoms with Crippen molar-refractivity contribution in [3.63, 3.8) is 0 Å². The number of halogens is 1. The Balaban J connectivity index is 1.98. The Morgan fingerprint density at radius 3 is 2.61 bits per heavy atom. The van der Waals surface area contributed by atoms with Crippen molar-refractivity contribution >= 4 is 0 Å². The maximum absolute atomic E-state index is 12.9. The zero-order valence-electron chi connectivity index (χ0n) is 10.0. The Morgan fingerprint density at radius 1 is 1.28 bits per heavy atom. The van der Waals surface area contributed by atoms with Crippen molar-refractivity contribution in [1.82, 2.24) is 4.98 Å². The van der Waals surface area contributed by atoms with Gasteiger partial charge in [-0.1, -0.05) is 12.1 Å². The molecule has 4 heteroatoms. The second kappa shape index (κ2) is 5.60. The largest absolute Gasteiger partial charge is 0.489 e. The predicted octanol–water partition coefficient (Wildman–Crippen LogP) is 2.85. The first-order chi connectivity index (χ1) is 8.65. The van der Waals surface area contributed by atoms with Crippen LogP contribution in [0.2, 0.25) is 0 Å². The topological polar surface area (TPSA) is 42.4 Å². The molecule has 0 radical (unpaired) electrons. The van der Waals surface area contributed by atoms with Gasteiger partial charge < -0.3 is 9.84 Å². The highest BCUT2D eigenvalue weighted by Gasteiger charge is 2.01. The Bertz CT molecular complexity index is 511. The van der Waals surface area contributed by atoms with Crippen molar-refractivity contribution < 1.29 is 14.2 Å². The Labute approximate surface area is 105 Å². The molecule has 18 heavy (non-hydrogen) atoms. The van der Waals surface area contributed by atoms with Gasteiger partial charge >= 0.3 is 0 Å². The predicted molar refractivity (Wildman–Crippen MR) is 65.6 cm³/mol. The summed E-state index contributed by atoms with van der Waals surface area (Å²) in [4.78, 5) is 3.75. The molecule has 0 aliphatic carbocycles. The van der Waals surface area contributed by atoms with Gasteiger partial charge in [0.15, 0.2) is 0 Å². The van der Waals surface area contributed by atoms with E-state index in [1.54, 1.807) is 37.4 Å². The van der Waals surface area contributed by atoms with E-state index in [4.69, 9.17) is 4.74 Å². The van der Waals surface area contributed by atoms with Gasteiger partial charge in [0, 0.05) is 11.8 Å². The molecular formula is C14H14FNO2. The molecule has 2 rings (SSSR count). The van der Waals surface area contributed by atoms with E-state index in [0.29, 0.717) is 11.3 Å². The third-order valence-corrected chi connectivity index (χ3v) is 2.53. The number of benzene rings is 1. The van der Waals surface area contributed by atoms with Crippen LogP contribution in [0.25, 0.3) is 0 Å². The monoisotopic (exact) mass is 247 g/mol. The van der Waals surface area contributed by atoms with Crippen LogP contribution in [0, 0.1) is 5.82 Å². The van der Waals surface area contributed by atoms with Crippen LogP contribution in [0.5, 0.6) is 5.75 Å². The molecular weight excluding hydrogens is 233 g/mol. The lowest BCUT2D eigenvalue weighted by Gasteiger charge is -2.08. The highest BCUT2D eigenvalue weighted by molar-refractivity contribution is 5.28. The van der Waals surface area contributed by atoms with E-state index >= 15 is 0 Å². The molecule has 0 aliphatic heterocycles. The zero-order valence-corrected chi connectivity index (χ0v) is 10.0. The van der Waals surface area contributed by atoms with Gasteiger partial charge in [0.1, 0.15) is 18.2 Å². The molecule has 2 aromatic rings. The van der Waals surface area contributed by atoms with E-state index in [-0.39, 0.29) is 12.4 Å². The molecule has 0 saturated carbocycles. The molecule has 94 valence electrons. The molecule has 3 nitrogen and oxygen atoms in total.